The Morgan fingerprint density at radius 2 is 2.00 bits per heavy atom. The first-order valence-electron chi connectivity index (χ1n) is 6.99. The van der Waals surface area contributed by atoms with Crippen LogP contribution in [0.5, 0.6) is 0 Å². The molecule has 0 radical (unpaired) electrons. The van der Waals surface area contributed by atoms with Gasteiger partial charge in [-0.3, -0.25) is 15.6 Å². The number of nitrogens with one attached hydrogen (secondary N) is 2. The maximum absolute atomic E-state index is 12.9. The second-order valence-electron chi connectivity index (χ2n) is 4.97. The minimum atomic E-state index is -0.554. The number of aromatic nitrogens is 5. The van der Waals surface area contributed by atoms with Gasteiger partial charge < -0.3 is 5.73 Å². The van der Waals surface area contributed by atoms with E-state index in [1.807, 2.05) is 0 Å². The number of halogens is 1. The number of anilines is 1. The standard InChI is InChI=1S/C14H13FN8O2/c1-7(9-3-5-10(15)6-4-9)17-19-14(24)11-8(2)23(22-18-11)13-12(16)20-25-21-13/h3-6,17H,1H2,2H3,(H2,16,20)(H,19,24). The van der Waals surface area contributed by atoms with E-state index < -0.39 is 5.91 Å². The van der Waals surface area contributed by atoms with Crippen molar-refractivity contribution in [3.63, 3.8) is 0 Å². The van der Waals surface area contributed by atoms with Crippen LogP contribution in [0.15, 0.2) is 35.5 Å². The molecular weight excluding hydrogens is 331 g/mol. The molecule has 3 rings (SSSR count). The summed E-state index contributed by atoms with van der Waals surface area (Å²) in [5.41, 5.74) is 12.1. The summed E-state index contributed by atoms with van der Waals surface area (Å²) in [5.74, 6) is -0.771. The van der Waals surface area contributed by atoms with Crippen LogP contribution in [0.1, 0.15) is 21.7 Å². The van der Waals surface area contributed by atoms with E-state index in [9.17, 15) is 9.18 Å². The lowest BCUT2D eigenvalue weighted by atomic mass is 10.2. The van der Waals surface area contributed by atoms with E-state index in [2.05, 4.69) is 42.7 Å². The van der Waals surface area contributed by atoms with E-state index in [-0.39, 0.29) is 23.1 Å². The van der Waals surface area contributed by atoms with Crippen molar-refractivity contribution < 1.29 is 13.8 Å². The Balaban J connectivity index is 1.70. The van der Waals surface area contributed by atoms with Crippen molar-refractivity contribution in [2.24, 2.45) is 0 Å². The molecule has 0 bridgehead atoms. The Hall–Kier alpha value is -3.76. The molecule has 11 heteroatoms. The van der Waals surface area contributed by atoms with Gasteiger partial charge in [0.15, 0.2) is 5.69 Å². The molecule has 2 heterocycles. The van der Waals surface area contributed by atoms with Crippen molar-refractivity contribution in [1.82, 2.24) is 36.2 Å². The van der Waals surface area contributed by atoms with Crippen molar-refractivity contribution in [3.05, 3.63) is 53.6 Å². The second kappa shape index (κ2) is 6.39. The fraction of sp³-hybridized carbons (Fsp3) is 0.0714. The molecule has 0 unspecified atom stereocenters. The first-order valence-corrected chi connectivity index (χ1v) is 6.99. The molecule has 0 aliphatic rings. The first kappa shape index (κ1) is 16.1. The topological polar surface area (TPSA) is 137 Å². The number of carbonyl (C=O) groups excluding carboxylic acids is 1. The number of hydrogen-bond acceptors (Lipinski definition) is 8. The first-order chi connectivity index (χ1) is 12.0. The van der Waals surface area contributed by atoms with Gasteiger partial charge in [-0.15, -0.1) is 5.10 Å². The molecule has 3 aromatic rings. The number of rotatable bonds is 5. The van der Waals surface area contributed by atoms with Gasteiger partial charge in [-0.05, 0) is 47.1 Å². The molecular formula is C14H13FN8O2. The van der Waals surface area contributed by atoms with Crippen molar-refractivity contribution in [3.8, 4) is 5.82 Å². The Morgan fingerprint density at radius 3 is 2.64 bits per heavy atom. The monoisotopic (exact) mass is 344 g/mol. The third-order valence-electron chi connectivity index (χ3n) is 3.33. The summed E-state index contributed by atoms with van der Waals surface area (Å²) in [6.45, 7) is 5.37. The molecule has 1 amide bonds. The van der Waals surface area contributed by atoms with Crippen LogP contribution in [0.25, 0.3) is 11.5 Å². The highest BCUT2D eigenvalue weighted by Gasteiger charge is 2.20. The molecule has 4 N–H and O–H groups in total. The Kier molecular flexibility index (Phi) is 4.12. The summed E-state index contributed by atoms with van der Waals surface area (Å²) < 4.78 is 18.6. The quantitative estimate of drug-likeness (QED) is 0.572. The molecule has 0 atom stereocenters. The zero-order valence-corrected chi connectivity index (χ0v) is 13.0. The highest BCUT2D eigenvalue weighted by Crippen LogP contribution is 2.14. The molecule has 0 saturated heterocycles. The molecule has 0 spiro atoms. The van der Waals surface area contributed by atoms with E-state index >= 15 is 0 Å². The van der Waals surface area contributed by atoms with Crippen LogP contribution in [0.2, 0.25) is 0 Å². The minimum absolute atomic E-state index is 0.0165. The SMILES string of the molecule is C=C(NNC(=O)c1nnn(-c2nonc2N)c1C)c1ccc(F)cc1. The molecule has 0 aliphatic heterocycles. The fourth-order valence-corrected chi connectivity index (χ4v) is 1.99. The fourth-order valence-electron chi connectivity index (χ4n) is 1.99. The van der Waals surface area contributed by atoms with Crippen molar-refractivity contribution >= 4 is 17.4 Å². The summed E-state index contributed by atoms with van der Waals surface area (Å²) in [7, 11) is 0. The number of hydrogen-bond donors (Lipinski definition) is 3. The van der Waals surface area contributed by atoms with Crippen LogP contribution < -0.4 is 16.6 Å². The van der Waals surface area contributed by atoms with Crippen molar-refractivity contribution in [2.75, 3.05) is 5.73 Å². The van der Waals surface area contributed by atoms with E-state index in [0.29, 0.717) is 17.0 Å². The largest absolute Gasteiger partial charge is 0.378 e. The van der Waals surface area contributed by atoms with Crippen molar-refractivity contribution in [2.45, 2.75) is 6.92 Å². The molecule has 0 aliphatic carbocycles. The number of hydrazine groups is 1. The number of nitrogens with zero attached hydrogens (tertiary/aromatic N) is 5. The summed E-state index contributed by atoms with van der Waals surface area (Å²) in [5, 5.41) is 14.6. The van der Waals surface area contributed by atoms with Crippen LogP contribution in [0.4, 0.5) is 10.2 Å². The van der Waals surface area contributed by atoms with E-state index in [1.165, 1.54) is 28.9 Å². The number of benzene rings is 1. The maximum Gasteiger partial charge on any atom is 0.292 e. The van der Waals surface area contributed by atoms with Crippen molar-refractivity contribution in [1.29, 1.82) is 0 Å². The molecule has 0 saturated carbocycles. The van der Waals surface area contributed by atoms with Gasteiger partial charge in [-0.25, -0.2) is 9.02 Å². The van der Waals surface area contributed by atoms with Crippen LogP contribution >= 0.6 is 0 Å². The highest BCUT2D eigenvalue weighted by molar-refractivity contribution is 5.93. The molecule has 2 aromatic heterocycles. The predicted octanol–water partition coefficient (Wildman–Crippen LogP) is 0.585. The average molecular weight is 344 g/mol. The number of carbonyl (C=O) groups is 1. The lowest BCUT2D eigenvalue weighted by Crippen LogP contribution is -2.36. The molecule has 0 fully saturated rings. The number of amides is 1. The zero-order valence-electron chi connectivity index (χ0n) is 13.0. The number of nitrogens with two attached hydrogens (primary N) is 1. The van der Waals surface area contributed by atoms with Gasteiger partial charge >= 0.3 is 0 Å². The Labute approximate surface area is 140 Å². The molecule has 128 valence electrons. The lowest BCUT2D eigenvalue weighted by Gasteiger charge is -2.10. The molecule has 10 nitrogen and oxygen atoms in total. The molecule has 25 heavy (non-hydrogen) atoms. The second-order valence-corrected chi connectivity index (χ2v) is 4.97. The summed E-state index contributed by atoms with van der Waals surface area (Å²) in [6.07, 6.45) is 0. The normalized spacial score (nSPS) is 10.5. The van der Waals surface area contributed by atoms with Crippen LogP contribution in [0, 0.1) is 12.7 Å². The van der Waals surface area contributed by atoms with E-state index in [4.69, 9.17) is 5.73 Å². The van der Waals surface area contributed by atoms with Gasteiger partial charge in [0.05, 0.1) is 11.4 Å². The van der Waals surface area contributed by atoms with E-state index in [1.54, 1.807) is 6.92 Å². The average Bonchev–Trinajstić information content (AvgIpc) is 3.18. The Morgan fingerprint density at radius 1 is 1.28 bits per heavy atom. The minimum Gasteiger partial charge on any atom is -0.378 e. The predicted molar refractivity (Wildman–Crippen MR) is 84.4 cm³/mol. The van der Waals surface area contributed by atoms with Gasteiger partial charge in [0.1, 0.15) is 5.82 Å². The number of nitrogen functional groups attached to an aromatic ring is 1. The van der Waals surface area contributed by atoms with Gasteiger partial charge in [-0.2, -0.15) is 4.68 Å². The smallest absolute Gasteiger partial charge is 0.292 e. The highest BCUT2D eigenvalue weighted by atomic mass is 19.1. The third-order valence-corrected chi connectivity index (χ3v) is 3.33. The summed E-state index contributed by atoms with van der Waals surface area (Å²) >= 11 is 0. The lowest BCUT2D eigenvalue weighted by molar-refractivity contribution is 0.0936. The van der Waals surface area contributed by atoms with Gasteiger partial charge in [0, 0.05) is 0 Å². The summed E-state index contributed by atoms with van der Waals surface area (Å²) in [6, 6.07) is 5.63. The van der Waals surface area contributed by atoms with Crippen LogP contribution in [-0.2, 0) is 0 Å². The third kappa shape index (κ3) is 3.15. The van der Waals surface area contributed by atoms with Gasteiger partial charge in [0.25, 0.3) is 5.91 Å². The van der Waals surface area contributed by atoms with E-state index in [0.717, 1.165) is 0 Å². The van der Waals surface area contributed by atoms with Crippen LogP contribution in [-0.4, -0.2) is 31.2 Å². The zero-order chi connectivity index (χ0) is 18.0. The maximum atomic E-state index is 12.9. The molecule has 1 aromatic carbocycles. The summed E-state index contributed by atoms with van der Waals surface area (Å²) in [4.78, 5) is 12.2. The Bertz CT molecular complexity index is 931. The van der Waals surface area contributed by atoms with Gasteiger partial charge in [-0.1, -0.05) is 11.8 Å². The van der Waals surface area contributed by atoms with Gasteiger partial charge in [0.2, 0.25) is 11.6 Å². The van der Waals surface area contributed by atoms with Crippen LogP contribution in [0.3, 0.4) is 0 Å².